The second-order valence-electron chi connectivity index (χ2n) is 7.68. The first-order valence-electron chi connectivity index (χ1n) is 8.50. The van der Waals surface area contributed by atoms with E-state index in [1.165, 1.54) is 5.56 Å². The summed E-state index contributed by atoms with van der Waals surface area (Å²) in [6.07, 6.45) is 0.721. The number of nitrogens with zero attached hydrogens (tertiary/aromatic N) is 2. The van der Waals surface area contributed by atoms with Gasteiger partial charge in [-0.25, -0.2) is 4.79 Å². The van der Waals surface area contributed by atoms with Gasteiger partial charge in [0.25, 0.3) is 0 Å². The van der Waals surface area contributed by atoms with E-state index in [1.807, 2.05) is 31.7 Å². The minimum atomic E-state index is -0.451. The molecule has 0 spiro atoms. The van der Waals surface area contributed by atoms with Crippen molar-refractivity contribution in [2.45, 2.75) is 58.7 Å². The average Bonchev–Trinajstić information content (AvgIpc) is 2.46. The molecule has 0 N–H and O–H groups in total. The van der Waals surface area contributed by atoms with Crippen molar-refractivity contribution in [1.29, 1.82) is 0 Å². The van der Waals surface area contributed by atoms with Crippen LogP contribution >= 0.6 is 0 Å². The molecule has 0 aliphatic carbocycles. The summed E-state index contributed by atoms with van der Waals surface area (Å²) >= 11 is 0. The molecule has 1 atom stereocenters. The molecule has 4 nitrogen and oxygen atoms in total. The number of carbonyl (C=O) groups is 1. The van der Waals surface area contributed by atoms with E-state index >= 15 is 0 Å². The molecule has 1 unspecified atom stereocenters. The Morgan fingerprint density at radius 2 is 1.87 bits per heavy atom. The van der Waals surface area contributed by atoms with Crippen LogP contribution in [-0.4, -0.2) is 46.7 Å². The van der Waals surface area contributed by atoms with Gasteiger partial charge in [-0.05, 0) is 39.7 Å². The van der Waals surface area contributed by atoms with Gasteiger partial charge in [-0.15, -0.1) is 0 Å². The van der Waals surface area contributed by atoms with Crippen molar-refractivity contribution in [2.75, 3.05) is 19.6 Å². The summed E-state index contributed by atoms with van der Waals surface area (Å²) in [5.41, 5.74) is 0.680. The van der Waals surface area contributed by atoms with Crippen LogP contribution in [0.25, 0.3) is 0 Å². The van der Waals surface area contributed by atoms with E-state index < -0.39 is 5.60 Å². The second kappa shape index (κ2) is 6.91. The van der Waals surface area contributed by atoms with Gasteiger partial charge in [-0.1, -0.05) is 37.3 Å². The van der Waals surface area contributed by atoms with Crippen LogP contribution < -0.4 is 0 Å². The SMILES string of the molecule is CCC1(C)CN(Cc2ccccc2)CCN1C(=O)OC(C)(C)C. The summed E-state index contributed by atoms with van der Waals surface area (Å²) in [4.78, 5) is 16.9. The van der Waals surface area contributed by atoms with Gasteiger partial charge in [0.2, 0.25) is 0 Å². The summed E-state index contributed by atoms with van der Waals surface area (Å²) in [5.74, 6) is 0. The van der Waals surface area contributed by atoms with E-state index in [-0.39, 0.29) is 11.6 Å². The number of benzene rings is 1. The molecule has 128 valence electrons. The zero-order valence-corrected chi connectivity index (χ0v) is 15.1. The molecule has 4 heteroatoms. The molecule has 0 bridgehead atoms. The Balaban J connectivity index is 2.05. The molecule has 1 aliphatic heterocycles. The maximum atomic E-state index is 12.5. The van der Waals surface area contributed by atoms with Crippen LogP contribution in [-0.2, 0) is 11.3 Å². The van der Waals surface area contributed by atoms with Crippen LogP contribution in [0.3, 0.4) is 0 Å². The zero-order valence-electron chi connectivity index (χ0n) is 15.1. The van der Waals surface area contributed by atoms with E-state index in [1.54, 1.807) is 0 Å². The van der Waals surface area contributed by atoms with Crippen molar-refractivity contribution in [3.8, 4) is 0 Å². The highest BCUT2D eigenvalue weighted by atomic mass is 16.6. The van der Waals surface area contributed by atoms with Crippen molar-refractivity contribution in [2.24, 2.45) is 0 Å². The lowest BCUT2D eigenvalue weighted by Crippen LogP contribution is -2.62. The first kappa shape index (κ1) is 17.8. The van der Waals surface area contributed by atoms with Crippen LogP contribution in [0, 0.1) is 0 Å². The number of carbonyl (C=O) groups excluding carboxylic acids is 1. The highest BCUT2D eigenvalue weighted by Gasteiger charge is 2.40. The predicted molar refractivity (Wildman–Crippen MR) is 93.4 cm³/mol. The van der Waals surface area contributed by atoms with Crippen LogP contribution in [0.4, 0.5) is 4.79 Å². The maximum Gasteiger partial charge on any atom is 0.410 e. The largest absolute Gasteiger partial charge is 0.444 e. The van der Waals surface area contributed by atoms with Crippen molar-refractivity contribution in [3.05, 3.63) is 35.9 Å². The standard InChI is InChI=1S/C19H30N2O2/c1-6-19(5)15-20(14-16-10-8-7-9-11-16)12-13-21(19)17(22)23-18(2,3)4/h7-11H,6,12-15H2,1-5H3. The smallest absolute Gasteiger partial charge is 0.410 e. The van der Waals surface area contributed by atoms with Crippen LogP contribution in [0.5, 0.6) is 0 Å². The Labute approximate surface area is 140 Å². The maximum absolute atomic E-state index is 12.5. The van der Waals surface area contributed by atoms with Crippen molar-refractivity contribution in [1.82, 2.24) is 9.80 Å². The summed E-state index contributed by atoms with van der Waals surface area (Å²) in [6, 6.07) is 10.5. The molecule has 1 aromatic carbocycles. The van der Waals surface area contributed by atoms with E-state index in [2.05, 4.69) is 43.0 Å². The third-order valence-electron chi connectivity index (χ3n) is 4.48. The van der Waals surface area contributed by atoms with Crippen molar-refractivity contribution in [3.63, 3.8) is 0 Å². The monoisotopic (exact) mass is 318 g/mol. The summed E-state index contributed by atoms with van der Waals surface area (Å²) in [7, 11) is 0. The average molecular weight is 318 g/mol. The van der Waals surface area contributed by atoms with Crippen LogP contribution in [0.1, 0.15) is 46.6 Å². The molecule has 0 saturated carbocycles. The van der Waals surface area contributed by atoms with Gasteiger partial charge in [0.05, 0.1) is 5.54 Å². The van der Waals surface area contributed by atoms with Crippen molar-refractivity contribution >= 4 is 6.09 Å². The summed E-state index contributed by atoms with van der Waals surface area (Å²) < 4.78 is 5.60. The lowest BCUT2D eigenvalue weighted by atomic mass is 9.93. The minimum Gasteiger partial charge on any atom is -0.444 e. The Morgan fingerprint density at radius 3 is 2.43 bits per heavy atom. The fourth-order valence-corrected chi connectivity index (χ4v) is 3.07. The topological polar surface area (TPSA) is 32.8 Å². The lowest BCUT2D eigenvalue weighted by molar-refractivity contribution is -0.0313. The van der Waals surface area contributed by atoms with Crippen molar-refractivity contribution < 1.29 is 9.53 Å². The van der Waals surface area contributed by atoms with Crippen LogP contribution in [0.2, 0.25) is 0 Å². The molecular formula is C19H30N2O2. The van der Waals surface area contributed by atoms with Gasteiger partial charge in [-0.3, -0.25) is 4.90 Å². The molecule has 1 aliphatic rings. The fourth-order valence-electron chi connectivity index (χ4n) is 3.07. The van der Waals surface area contributed by atoms with Crippen LogP contribution in [0.15, 0.2) is 30.3 Å². The molecule has 1 aromatic rings. The highest BCUT2D eigenvalue weighted by molar-refractivity contribution is 5.69. The third kappa shape index (κ3) is 4.71. The zero-order chi connectivity index (χ0) is 17.1. The molecule has 1 heterocycles. The first-order chi connectivity index (χ1) is 10.7. The fraction of sp³-hybridized carbons (Fsp3) is 0.632. The molecule has 23 heavy (non-hydrogen) atoms. The predicted octanol–water partition coefficient (Wildman–Crippen LogP) is 3.91. The Bertz CT molecular complexity index is 524. The normalized spacial score (nSPS) is 22.9. The van der Waals surface area contributed by atoms with Gasteiger partial charge in [-0.2, -0.15) is 0 Å². The van der Waals surface area contributed by atoms with E-state index in [9.17, 15) is 4.79 Å². The highest BCUT2D eigenvalue weighted by Crippen LogP contribution is 2.27. The molecule has 1 fully saturated rings. The van der Waals surface area contributed by atoms with Gasteiger partial charge in [0.1, 0.15) is 5.60 Å². The molecule has 2 rings (SSSR count). The first-order valence-corrected chi connectivity index (χ1v) is 8.50. The number of hydrogen-bond acceptors (Lipinski definition) is 3. The summed E-state index contributed by atoms with van der Waals surface area (Å²) in [5, 5.41) is 0. The van der Waals surface area contributed by atoms with Gasteiger partial charge in [0.15, 0.2) is 0 Å². The minimum absolute atomic E-state index is 0.185. The number of piperazine rings is 1. The Hall–Kier alpha value is -1.55. The van der Waals surface area contributed by atoms with E-state index in [0.717, 1.165) is 26.1 Å². The number of hydrogen-bond donors (Lipinski definition) is 0. The second-order valence-corrected chi connectivity index (χ2v) is 7.68. The van der Waals surface area contributed by atoms with Gasteiger partial charge in [0, 0.05) is 26.2 Å². The molecule has 1 amide bonds. The van der Waals surface area contributed by atoms with E-state index in [0.29, 0.717) is 6.54 Å². The van der Waals surface area contributed by atoms with E-state index in [4.69, 9.17) is 4.74 Å². The molecule has 0 aromatic heterocycles. The third-order valence-corrected chi connectivity index (χ3v) is 4.48. The summed E-state index contributed by atoms with van der Waals surface area (Å²) in [6.45, 7) is 13.4. The molecule has 0 radical (unpaired) electrons. The number of ether oxygens (including phenoxy) is 1. The molecular weight excluding hydrogens is 288 g/mol. The van der Waals surface area contributed by atoms with Gasteiger partial charge >= 0.3 is 6.09 Å². The quantitative estimate of drug-likeness (QED) is 0.847. The Kier molecular flexibility index (Phi) is 5.35. The van der Waals surface area contributed by atoms with Gasteiger partial charge < -0.3 is 9.64 Å². The Morgan fingerprint density at radius 1 is 1.22 bits per heavy atom. The number of rotatable bonds is 3. The number of amides is 1. The molecule has 1 saturated heterocycles. The lowest BCUT2D eigenvalue weighted by Gasteiger charge is -2.48.